The molecule has 1 atom stereocenters. The van der Waals surface area contributed by atoms with Crippen molar-refractivity contribution in [1.29, 1.82) is 0 Å². The van der Waals surface area contributed by atoms with Crippen molar-refractivity contribution in [3.8, 4) is 0 Å². The van der Waals surface area contributed by atoms with Gasteiger partial charge in [0.15, 0.2) is 0 Å². The third-order valence-corrected chi connectivity index (χ3v) is 4.98. The Bertz CT molecular complexity index is 437. The normalized spacial score (nSPS) is 25.8. The molecule has 1 aromatic carbocycles. The second-order valence-corrected chi connectivity index (χ2v) is 6.73. The number of hydrogen-bond acceptors (Lipinski definition) is 2. The van der Waals surface area contributed by atoms with Gasteiger partial charge in [0.2, 0.25) is 0 Å². The highest BCUT2D eigenvalue weighted by Gasteiger charge is 2.38. The van der Waals surface area contributed by atoms with Crippen molar-refractivity contribution < 1.29 is 4.74 Å². The van der Waals surface area contributed by atoms with Gasteiger partial charge in [-0.25, -0.2) is 0 Å². The Labute approximate surface area is 126 Å². The summed E-state index contributed by atoms with van der Waals surface area (Å²) < 4.78 is 6.15. The molecule has 1 spiro atoms. The maximum Gasteiger partial charge on any atom is 0.0697 e. The first-order valence-corrected chi connectivity index (χ1v) is 8.25. The fraction of sp³-hybridized carbons (Fsp3) is 0.647. The van der Waals surface area contributed by atoms with Crippen LogP contribution < -0.4 is 5.32 Å². The lowest BCUT2D eigenvalue weighted by Gasteiger charge is -2.43. The van der Waals surface area contributed by atoms with Gasteiger partial charge in [-0.2, -0.15) is 0 Å². The van der Waals surface area contributed by atoms with Crippen molar-refractivity contribution in [1.82, 2.24) is 5.32 Å². The lowest BCUT2D eigenvalue weighted by molar-refractivity contribution is -0.109. The SMILES string of the molecule is Clc1cccc(CNC2CCOC3(CCCCC3)C2)c1. The lowest BCUT2D eigenvalue weighted by Crippen LogP contribution is -2.47. The van der Waals surface area contributed by atoms with Crippen molar-refractivity contribution in [3.63, 3.8) is 0 Å². The van der Waals surface area contributed by atoms with E-state index in [1.807, 2.05) is 18.2 Å². The Hall–Kier alpha value is -0.570. The van der Waals surface area contributed by atoms with E-state index in [1.54, 1.807) is 0 Å². The van der Waals surface area contributed by atoms with Crippen LogP contribution >= 0.6 is 11.6 Å². The Morgan fingerprint density at radius 1 is 1.25 bits per heavy atom. The highest BCUT2D eigenvalue weighted by Crippen LogP contribution is 2.38. The molecule has 1 aliphatic heterocycles. The second-order valence-electron chi connectivity index (χ2n) is 6.29. The average molecular weight is 294 g/mol. The molecule has 1 saturated heterocycles. The number of rotatable bonds is 3. The van der Waals surface area contributed by atoms with Gasteiger partial charge in [0.05, 0.1) is 5.60 Å². The van der Waals surface area contributed by atoms with Crippen molar-refractivity contribution in [2.45, 2.75) is 63.1 Å². The van der Waals surface area contributed by atoms with E-state index in [0.29, 0.717) is 6.04 Å². The molecule has 3 rings (SSSR count). The predicted octanol–water partition coefficient (Wildman–Crippen LogP) is 4.31. The fourth-order valence-corrected chi connectivity index (χ4v) is 3.87. The smallest absolute Gasteiger partial charge is 0.0697 e. The van der Waals surface area contributed by atoms with Crippen LogP contribution in [-0.4, -0.2) is 18.2 Å². The van der Waals surface area contributed by atoms with Crippen LogP contribution in [0.5, 0.6) is 0 Å². The van der Waals surface area contributed by atoms with E-state index in [2.05, 4.69) is 11.4 Å². The second kappa shape index (κ2) is 6.46. The minimum absolute atomic E-state index is 0.183. The van der Waals surface area contributed by atoms with E-state index in [9.17, 15) is 0 Å². The Morgan fingerprint density at radius 3 is 2.90 bits per heavy atom. The van der Waals surface area contributed by atoms with Gasteiger partial charge in [0.1, 0.15) is 0 Å². The summed E-state index contributed by atoms with van der Waals surface area (Å²) in [5.41, 5.74) is 1.45. The molecular weight excluding hydrogens is 270 g/mol. The van der Waals surface area contributed by atoms with Crippen LogP contribution in [-0.2, 0) is 11.3 Å². The lowest BCUT2D eigenvalue weighted by atomic mass is 9.78. The summed E-state index contributed by atoms with van der Waals surface area (Å²) in [7, 11) is 0. The first kappa shape index (κ1) is 14.4. The van der Waals surface area contributed by atoms with Crippen LogP contribution in [0.25, 0.3) is 0 Å². The van der Waals surface area contributed by atoms with E-state index in [0.717, 1.165) is 24.6 Å². The maximum absolute atomic E-state index is 6.15. The molecule has 3 heteroatoms. The van der Waals surface area contributed by atoms with Gasteiger partial charge in [-0.1, -0.05) is 43.0 Å². The number of benzene rings is 1. The van der Waals surface area contributed by atoms with Crippen LogP contribution in [0.3, 0.4) is 0 Å². The van der Waals surface area contributed by atoms with Crippen molar-refractivity contribution in [2.75, 3.05) is 6.61 Å². The van der Waals surface area contributed by atoms with E-state index < -0.39 is 0 Å². The van der Waals surface area contributed by atoms with Gasteiger partial charge in [0, 0.05) is 24.2 Å². The summed E-state index contributed by atoms with van der Waals surface area (Å²) in [5.74, 6) is 0. The van der Waals surface area contributed by atoms with Gasteiger partial charge < -0.3 is 10.1 Å². The molecular formula is C17H24ClNO. The molecule has 2 aliphatic rings. The van der Waals surface area contributed by atoms with Crippen LogP contribution in [0.1, 0.15) is 50.5 Å². The average Bonchev–Trinajstić information content (AvgIpc) is 2.46. The van der Waals surface area contributed by atoms with E-state index in [1.165, 1.54) is 44.1 Å². The van der Waals surface area contributed by atoms with Gasteiger partial charge >= 0.3 is 0 Å². The first-order valence-electron chi connectivity index (χ1n) is 7.88. The fourth-order valence-electron chi connectivity index (χ4n) is 3.66. The van der Waals surface area contributed by atoms with E-state index in [-0.39, 0.29) is 5.60 Å². The molecule has 1 heterocycles. The van der Waals surface area contributed by atoms with Crippen molar-refractivity contribution >= 4 is 11.6 Å². The highest BCUT2D eigenvalue weighted by molar-refractivity contribution is 6.30. The largest absolute Gasteiger partial charge is 0.375 e. The molecule has 1 unspecified atom stereocenters. The van der Waals surface area contributed by atoms with Crippen molar-refractivity contribution in [2.24, 2.45) is 0 Å². The summed E-state index contributed by atoms with van der Waals surface area (Å²) >= 11 is 6.04. The molecule has 1 N–H and O–H groups in total. The van der Waals surface area contributed by atoms with Gasteiger partial charge in [-0.05, 0) is 43.4 Å². The molecule has 0 aromatic heterocycles. The van der Waals surface area contributed by atoms with E-state index in [4.69, 9.17) is 16.3 Å². The van der Waals surface area contributed by atoms with Crippen molar-refractivity contribution in [3.05, 3.63) is 34.9 Å². The first-order chi connectivity index (χ1) is 9.76. The molecule has 0 radical (unpaired) electrons. The summed E-state index contributed by atoms with van der Waals surface area (Å²) in [6.07, 6.45) is 8.86. The van der Waals surface area contributed by atoms with E-state index >= 15 is 0 Å². The standard InChI is InChI=1S/C17H24ClNO/c18-15-6-4-5-14(11-15)13-19-16-7-10-20-17(12-16)8-2-1-3-9-17/h4-6,11,16,19H,1-3,7-10,12-13H2. The molecule has 1 aromatic rings. The number of hydrogen-bond donors (Lipinski definition) is 1. The van der Waals surface area contributed by atoms with Crippen LogP contribution in [0.2, 0.25) is 5.02 Å². The third-order valence-electron chi connectivity index (χ3n) is 4.74. The Balaban J connectivity index is 1.55. The zero-order valence-electron chi connectivity index (χ0n) is 12.0. The molecule has 1 saturated carbocycles. The topological polar surface area (TPSA) is 21.3 Å². The highest BCUT2D eigenvalue weighted by atomic mass is 35.5. The summed E-state index contributed by atoms with van der Waals surface area (Å²) in [6, 6.07) is 8.71. The van der Waals surface area contributed by atoms with Crippen LogP contribution in [0.4, 0.5) is 0 Å². The molecule has 1 aliphatic carbocycles. The monoisotopic (exact) mass is 293 g/mol. The molecule has 2 fully saturated rings. The zero-order chi connectivity index (χ0) is 13.8. The molecule has 110 valence electrons. The molecule has 0 amide bonds. The Kier molecular flexibility index (Phi) is 4.65. The number of nitrogens with one attached hydrogen (secondary N) is 1. The number of ether oxygens (including phenoxy) is 1. The van der Waals surface area contributed by atoms with Gasteiger partial charge in [-0.3, -0.25) is 0 Å². The van der Waals surface area contributed by atoms with Crippen LogP contribution in [0.15, 0.2) is 24.3 Å². The minimum atomic E-state index is 0.183. The van der Waals surface area contributed by atoms with Gasteiger partial charge in [0.25, 0.3) is 0 Å². The predicted molar refractivity (Wildman–Crippen MR) is 83.1 cm³/mol. The number of halogens is 1. The minimum Gasteiger partial charge on any atom is -0.375 e. The quantitative estimate of drug-likeness (QED) is 0.896. The molecule has 20 heavy (non-hydrogen) atoms. The summed E-state index contributed by atoms with van der Waals surface area (Å²) in [4.78, 5) is 0. The summed E-state index contributed by atoms with van der Waals surface area (Å²) in [6.45, 7) is 1.81. The third kappa shape index (κ3) is 3.55. The Morgan fingerprint density at radius 2 is 2.10 bits per heavy atom. The van der Waals surface area contributed by atoms with Gasteiger partial charge in [-0.15, -0.1) is 0 Å². The maximum atomic E-state index is 6.15. The summed E-state index contributed by atoms with van der Waals surface area (Å²) in [5, 5.41) is 4.52. The molecule has 0 bridgehead atoms. The van der Waals surface area contributed by atoms with Crippen LogP contribution in [0, 0.1) is 0 Å². The molecule has 2 nitrogen and oxygen atoms in total. The zero-order valence-corrected chi connectivity index (χ0v) is 12.8.